The number of ether oxygens (including phenoxy) is 2. The van der Waals surface area contributed by atoms with Gasteiger partial charge in [-0.05, 0) is 73.6 Å². The van der Waals surface area contributed by atoms with Crippen LogP contribution in [0.15, 0.2) is 66.5 Å². The molecule has 2 amide bonds. The van der Waals surface area contributed by atoms with Crippen LogP contribution in [0.2, 0.25) is 0 Å². The normalized spacial score (nSPS) is 14.9. The van der Waals surface area contributed by atoms with Crippen molar-refractivity contribution < 1.29 is 23.9 Å². The largest absolute Gasteiger partial charge is 0.493 e. The molecule has 2 fully saturated rings. The van der Waals surface area contributed by atoms with E-state index in [1.165, 1.54) is 63.1 Å². The van der Waals surface area contributed by atoms with E-state index in [4.69, 9.17) is 9.47 Å². The summed E-state index contributed by atoms with van der Waals surface area (Å²) >= 11 is 0. The molecule has 2 N–H and O–H groups in total. The predicted molar refractivity (Wildman–Crippen MR) is 156 cm³/mol. The average molecular weight is 554 g/mol. The summed E-state index contributed by atoms with van der Waals surface area (Å²) in [4.78, 5) is 42.1. The topological polar surface area (TPSA) is 107 Å². The van der Waals surface area contributed by atoms with E-state index in [-0.39, 0.29) is 23.1 Å². The lowest BCUT2D eigenvalue weighted by Gasteiger charge is -2.19. The Hall–Kier alpha value is -4.46. The van der Waals surface area contributed by atoms with Crippen molar-refractivity contribution in [1.82, 2.24) is 15.6 Å². The van der Waals surface area contributed by atoms with E-state index in [1.54, 1.807) is 6.92 Å². The third-order valence-electron chi connectivity index (χ3n) is 7.42. The molecule has 2 aromatic carbocycles. The van der Waals surface area contributed by atoms with Crippen LogP contribution in [0.5, 0.6) is 11.5 Å². The molecule has 1 heterocycles. The van der Waals surface area contributed by atoms with Gasteiger partial charge in [-0.25, -0.2) is 4.98 Å². The minimum Gasteiger partial charge on any atom is -0.493 e. The van der Waals surface area contributed by atoms with Gasteiger partial charge >= 0.3 is 5.97 Å². The van der Waals surface area contributed by atoms with Gasteiger partial charge in [0.25, 0.3) is 5.91 Å². The number of nitrogens with zero attached hydrogens (tertiary/aromatic N) is 1. The van der Waals surface area contributed by atoms with Gasteiger partial charge in [-0.2, -0.15) is 0 Å². The van der Waals surface area contributed by atoms with Gasteiger partial charge in [0.15, 0.2) is 11.4 Å². The van der Waals surface area contributed by atoms with E-state index in [0.29, 0.717) is 17.5 Å². The molecule has 0 spiro atoms. The maximum absolute atomic E-state index is 13.4. The molecule has 1 aromatic heterocycles. The van der Waals surface area contributed by atoms with E-state index in [0.717, 1.165) is 16.7 Å². The molecule has 0 saturated heterocycles. The first-order valence-electron chi connectivity index (χ1n) is 14.0. The second-order valence-electron chi connectivity index (χ2n) is 10.8. The number of nitrogens with one attached hydrogen (secondary N) is 2. The number of hydrogen-bond acceptors (Lipinski definition) is 6. The molecule has 0 bridgehead atoms. The van der Waals surface area contributed by atoms with Gasteiger partial charge in [0.2, 0.25) is 11.7 Å². The predicted octanol–water partition coefficient (Wildman–Crippen LogP) is 5.48. The fourth-order valence-corrected chi connectivity index (χ4v) is 5.01. The summed E-state index contributed by atoms with van der Waals surface area (Å²) < 4.78 is 10.4. The van der Waals surface area contributed by atoms with Crippen molar-refractivity contribution in [2.75, 3.05) is 7.11 Å². The minimum atomic E-state index is -0.910. The van der Waals surface area contributed by atoms with Gasteiger partial charge in [0.1, 0.15) is 6.04 Å². The Morgan fingerprint density at radius 1 is 0.902 bits per heavy atom. The number of pyridine rings is 1. The monoisotopic (exact) mass is 553 g/mol. The molecule has 1 atom stereocenters. The Bertz CT molecular complexity index is 1460. The Labute approximate surface area is 240 Å². The lowest BCUT2D eigenvalue weighted by Crippen LogP contribution is -2.44. The van der Waals surface area contributed by atoms with Crippen molar-refractivity contribution >= 4 is 23.4 Å². The highest BCUT2D eigenvalue weighted by molar-refractivity contribution is 5.99. The number of hydrogen-bond donors (Lipinski definition) is 2. The zero-order valence-corrected chi connectivity index (χ0v) is 23.8. The number of carbonyl (C=O) groups excluding carboxylic acids is 3. The molecule has 0 radical (unpaired) electrons. The smallest absolute Gasteiger partial charge is 0.308 e. The number of allylic oxidation sites excluding steroid dienone is 1. The van der Waals surface area contributed by atoms with Crippen molar-refractivity contribution in [3.05, 3.63) is 94.4 Å². The number of benzene rings is 2. The number of carbonyl (C=O) groups is 3. The third kappa shape index (κ3) is 6.65. The van der Waals surface area contributed by atoms with E-state index in [2.05, 4.69) is 64.1 Å². The first kappa shape index (κ1) is 28.1. The summed E-state index contributed by atoms with van der Waals surface area (Å²) in [6, 6.07) is 17.7. The highest BCUT2D eigenvalue weighted by Crippen LogP contribution is 2.43. The highest BCUT2D eigenvalue weighted by atomic mass is 16.6. The van der Waals surface area contributed by atoms with Crippen LogP contribution in [-0.2, 0) is 9.59 Å². The molecule has 3 aromatic rings. The number of esters is 1. The molecule has 0 aliphatic heterocycles. The summed E-state index contributed by atoms with van der Waals surface area (Å²) in [6.45, 7) is 4.70. The summed E-state index contributed by atoms with van der Waals surface area (Å²) in [5.74, 6) is -0.399. The molecule has 8 heteroatoms. The van der Waals surface area contributed by atoms with Crippen molar-refractivity contribution in [1.29, 1.82) is 0 Å². The molecular formula is C33H35N3O5. The summed E-state index contributed by atoms with van der Waals surface area (Å²) in [6.07, 6.45) is 6.18. The van der Waals surface area contributed by atoms with Crippen molar-refractivity contribution in [2.24, 2.45) is 0 Å². The van der Waals surface area contributed by atoms with E-state index in [1.807, 2.05) is 6.92 Å². The first-order chi connectivity index (χ1) is 19.7. The number of aromatic nitrogens is 1. The fraction of sp³-hybridized carbons (Fsp3) is 0.333. The quantitative estimate of drug-likeness (QED) is 0.322. The molecule has 0 unspecified atom stereocenters. The second kappa shape index (κ2) is 12.0. The standard InChI is InChI=1S/C33H35N3O5/c1-19(35-32(38)20(2)36-33(39)30-31(41-21(3)37)28(40-4)15-16-34-30)29(26-9-5-7-24(17-26)22-11-12-22)27-10-6-8-25(18-27)23-13-14-23/h5-10,15-18,20,22-23H,11-14H2,1-4H3,(H,35,38)(H,36,39)/t20-/m0/s1. The summed E-state index contributed by atoms with van der Waals surface area (Å²) in [5.41, 5.74) is 6.21. The number of methoxy groups -OCH3 is 1. The number of amides is 2. The molecule has 8 nitrogen and oxygen atoms in total. The zero-order chi connectivity index (χ0) is 29.1. The minimum absolute atomic E-state index is 0.0999. The van der Waals surface area contributed by atoms with Crippen LogP contribution in [-0.4, -0.2) is 35.9 Å². The maximum atomic E-state index is 13.4. The Kier molecular flexibility index (Phi) is 8.19. The van der Waals surface area contributed by atoms with E-state index < -0.39 is 17.9 Å². The van der Waals surface area contributed by atoms with Crippen LogP contribution in [0, 0.1) is 0 Å². The molecule has 2 aliphatic carbocycles. The van der Waals surface area contributed by atoms with Crippen LogP contribution >= 0.6 is 0 Å². The van der Waals surface area contributed by atoms with Crippen LogP contribution in [0.1, 0.15) is 91.0 Å². The van der Waals surface area contributed by atoms with Gasteiger partial charge in [0, 0.05) is 30.5 Å². The van der Waals surface area contributed by atoms with Crippen molar-refractivity contribution in [3.8, 4) is 11.5 Å². The Morgan fingerprint density at radius 2 is 1.49 bits per heavy atom. The van der Waals surface area contributed by atoms with Gasteiger partial charge in [0.05, 0.1) is 7.11 Å². The van der Waals surface area contributed by atoms with Crippen LogP contribution in [0.3, 0.4) is 0 Å². The van der Waals surface area contributed by atoms with Crippen molar-refractivity contribution in [3.63, 3.8) is 0 Å². The SMILES string of the molecule is COc1ccnc(C(=O)N[C@@H](C)C(=O)NC(C)=C(c2cccc(C3CC3)c2)c2cccc(C3CC3)c2)c1OC(C)=O. The molecule has 5 rings (SSSR count). The Morgan fingerprint density at radius 3 is 2.00 bits per heavy atom. The third-order valence-corrected chi connectivity index (χ3v) is 7.42. The first-order valence-corrected chi connectivity index (χ1v) is 14.0. The zero-order valence-electron chi connectivity index (χ0n) is 23.8. The van der Waals surface area contributed by atoms with Gasteiger partial charge in [-0.15, -0.1) is 0 Å². The van der Waals surface area contributed by atoms with Crippen LogP contribution in [0.25, 0.3) is 5.57 Å². The van der Waals surface area contributed by atoms with E-state index >= 15 is 0 Å². The molecule has 212 valence electrons. The molecule has 41 heavy (non-hydrogen) atoms. The molecular weight excluding hydrogens is 518 g/mol. The van der Waals surface area contributed by atoms with E-state index in [9.17, 15) is 14.4 Å². The van der Waals surface area contributed by atoms with Gasteiger partial charge in [-0.1, -0.05) is 48.5 Å². The summed E-state index contributed by atoms with van der Waals surface area (Å²) in [5, 5.41) is 5.69. The highest BCUT2D eigenvalue weighted by Gasteiger charge is 2.27. The number of rotatable bonds is 10. The lowest BCUT2D eigenvalue weighted by molar-refractivity contribution is -0.132. The molecule has 2 saturated carbocycles. The van der Waals surface area contributed by atoms with Crippen LogP contribution < -0.4 is 20.1 Å². The lowest BCUT2D eigenvalue weighted by atomic mass is 9.92. The fourth-order valence-electron chi connectivity index (χ4n) is 5.01. The second-order valence-corrected chi connectivity index (χ2v) is 10.8. The van der Waals surface area contributed by atoms with Gasteiger partial charge in [-0.3, -0.25) is 14.4 Å². The molecule has 2 aliphatic rings. The van der Waals surface area contributed by atoms with Crippen LogP contribution in [0.4, 0.5) is 0 Å². The van der Waals surface area contributed by atoms with Crippen molar-refractivity contribution in [2.45, 2.75) is 64.3 Å². The average Bonchev–Trinajstić information content (AvgIpc) is 3.87. The Balaban J connectivity index is 1.41. The van der Waals surface area contributed by atoms with Gasteiger partial charge < -0.3 is 20.1 Å². The maximum Gasteiger partial charge on any atom is 0.308 e. The summed E-state index contributed by atoms with van der Waals surface area (Å²) in [7, 11) is 1.40.